The van der Waals surface area contributed by atoms with Crippen molar-refractivity contribution >= 4 is 22.7 Å². The van der Waals surface area contributed by atoms with Crippen LogP contribution < -0.4 is 0 Å². The van der Waals surface area contributed by atoms with E-state index in [2.05, 4.69) is 24.0 Å². The molecule has 2 amide bonds. The van der Waals surface area contributed by atoms with Crippen molar-refractivity contribution in [3.05, 3.63) is 35.5 Å². The second kappa shape index (κ2) is 6.45. The Balaban J connectivity index is 1.83. The van der Waals surface area contributed by atoms with Gasteiger partial charge in [-0.25, -0.2) is 0 Å². The van der Waals surface area contributed by atoms with Crippen LogP contribution in [0.1, 0.15) is 57.3 Å². The van der Waals surface area contributed by atoms with Crippen molar-refractivity contribution in [3.8, 4) is 0 Å². The van der Waals surface area contributed by atoms with Crippen molar-refractivity contribution in [3.63, 3.8) is 0 Å². The molecule has 1 fully saturated rings. The minimum absolute atomic E-state index is 0.0261. The van der Waals surface area contributed by atoms with Crippen LogP contribution in [0.4, 0.5) is 0 Å². The Labute approximate surface area is 154 Å². The van der Waals surface area contributed by atoms with E-state index in [1.165, 1.54) is 10.9 Å². The zero-order valence-corrected chi connectivity index (χ0v) is 15.8. The molecule has 5 nitrogen and oxygen atoms in total. The Morgan fingerprint density at radius 2 is 2.00 bits per heavy atom. The zero-order valence-electron chi connectivity index (χ0n) is 15.8. The maximum absolute atomic E-state index is 13.2. The molecule has 2 aliphatic heterocycles. The molecular formula is C21H27N3O2. The summed E-state index contributed by atoms with van der Waals surface area (Å²) in [5.74, 6) is 0.172. The third-order valence-electron chi connectivity index (χ3n) is 5.87. The summed E-state index contributed by atoms with van der Waals surface area (Å²) in [6, 6.07) is 7.91. The molecule has 3 heterocycles. The Hall–Kier alpha value is -2.30. The van der Waals surface area contributed by atoms with Gasteiger partial charge in [-0.15, -0.1) is 0 Å². The van der Waals surface area contributed by atoms with Gasteiger partial charge < -0.3 is 14.8 Å². The van der Waals surface area contributed by atoms with Crippen LogP contribution in [0, 0.1) is 0 Å². The quantitative estimate of drug-likeness (QED) is 0.916. The van der Waals surface area contributed by atoms with Crippen molar-refractivity contribution in [1.82, 2.24) is 14.8 Å². The molecule has 0 spiro atoms. The lowest BCUT2D eigenvalue weighted by Gasteiger charge is -2.48. The third-order valence-corrected chi connectivity index (χ3v) is 5.87. The van der Waals surface area contributed by atoms with Crippen molar-refractivity contribution in [2.75, 3.05) is 6.54 Å². The SMILES string of the molecule is CCCCC1c2[nH]c3ccccc3c2C[C@@H]2C(=O)N(C(C)C)CC(=O)N12. The molecule has 4 rings (SSSR count). The first-order valence-corrected chi connectivity index (χ1v) is 9.74. The average Bonchev–Trinajstić information content (AvgIpc) is 3.00. The predicted molar refractivity (Wildman–Crippen MR) is 102 cm³/mol. The number of amides is 2. The molecular weight excluding hydrogens is 326 g/mol. The van der Waals surface area contributed by atoms with Gasteiger partial charge in [0.15, 0.2) is 0 Å². The number of nitrogens with one attached hydrogen (secondary N) is 1. The largest absolute Gasteiger partial charge is 0.356 e. The number of benzene rings is 1. The van der Waals surface area contributed by atoms with Gasteiger partial charge in [0.05, 0.1) is 6.04 Å². The normalized spacial score (nSPS) is 22.9. The smallest absolute Gasteiger partial charge is 0.246 e. The molecule has 0 saturated carbocycles. The van der Waals surface area contributed by atoms with Crippen LogP contribution in [-0.2, 0) is 16.0 Å². The van der Waals surface area contributed by atoms with Gasteiger partial charge in [-0.2, -0.15) is 0 Å². The highest BCUT2D eigenvalue weighted by Gasteiger charge is 2.47. The van der Waals surface area contributed by atoms with Gasteiger partial charge >= 0.3 is 0 Å². The van der Waals surface area contributed by atoms with Crippen LogP contribution in [0.15, 0.2) is 24.3 Å². The molecule has 1 N–H and O–H groups in total. The van der Waals surface area contributed by atoms with Crippen LogP contribution in [0.3, 0.4) is 0 Å². The van der Waals surface area contributed by atoms with Gasteiger partial charge in [0.25, 0.3) is 0 Å². The molecule has 138 valence electrons. The molecule has 2 atom stereocenters. The monoisotopic (exact) mass is 353 g/mol. The molecule has 1 unspecified atom stereocenters. The summed E-state index contributed by atoms with van der Waals surface area (Å²) < 4.78 is 0. The Morgan fingerprint density at radius 3 is 2.73 bits per heavy atom. The van der Waals surface area contributed by atoms with Crippen LogP contribution in [0.25, 0.3) is 10.9 Å². The summed E-state index contributed by atoms with van der Waals surface area (Å²) in [4.78, 5) is 33.3. The third kappa shape index (κ3) is 2.52. The van der Waals surface area contributed by atoms with E-state index in [9.17, 15) is 9.59 Å². The van der Waals surface area contributed by atoms with E-state index in [-0.39, 0.29) is 36.5 Å². The molecule has 5 heteroatoms. The van der Waals surface area contributed by atoms with Crippen LogP contribution >= 0.6 is 0 Å². The minimum atomic E-state index is -0.368. The second-order valence-electron chi connectivity index (χ2n) is 7.80. The van der Waals surface area contributed by atoms with E-state index >= 15 is 0 Å². The van der Waals surface area contributed by atoms with Crippen molar-refractivity contribution in [2.45, 2.75) is 64.6 Å². The predicted octanol–water partition coefficient (Wildman–Crippen LogP) is 3.40. The summed E-state index contributed by atoms with van der Waals surface area (Å²) in [5, 5.41) is 1.19. The number of rotatable bonds is 4. The fraction of sp³-hybridized carbons (Fsp3) is 0.524. The number of fused-ring (bicyclic) bond motifs is 4. The second-order valence-corrected chi connectivity index (χ2v) is 7.80. The number of unbranched alkanes of at least 4 members (excludes halogenated alkanes) is 1. The summed E-state index contributed by atoms with van der Waals surface area (Å²) in [7, 11) is 0. The van der Waals surface area contributed by atoms with E-state index in [4.69, 9.17) is 0 Å². The molecule has 0 radical (unpaired) electrons. The molecule has 0 aliphatic carbocycles. The van der Waals surface area contributed by atoms with Gasteiger partial charge in [-0.1, -0.05) is 38.0 Å². The first kappa shape index (κ1) is 17.1. The summed E-state index contributed by atoms with van der Waals surface area (Å²) in [5.41, 5.74) is 3.45. The lowest BCUT2D eigenvalue weighted by atomic mass is 9.87. The number of carbonyl (C=O) groups excluding carboxylic acids is 2. The van der Waals surface area contributed by atoms with Crippen LogP contribution in [-0.4, -0.2) is 45.2 Å². The highest BCUT2D eigenvalue weighted by Crippen LogP contribution is 2.41. The van der Waals surface area contributed by atoms with Crippen molar-refractivity contribution < 1.29 is 9.59 Å². The van der Waals surface area contributed by atoms with E-state index in [0.29, 0.717) is 6.42 Å². The molecule has 2 aromatic rings. The van der Waals surface area contributed by atoms with Gasteiger partial charge in [0, 0.05) is 29.1 Å². The van der Waals surface area contributed by atoms with E-state index < -0.39 is 0 Å². The molecule has 1 aromatic heterocycles. The van der Waals surface area contributed by atoms with Crippen LogP contribution in [0.2, 0.25) is 0 Å². The Morgan fingerprint density at radius 1 is 1.23 bits per heavy atom. The molecule has 0 bridgehead atoms. The maximum atomic E-state index is 13.2. The fourth-order valence-corrected chi connectivity index (χ4v) is 4.54. The van der Waals surface area contributed by atoms with Crippen LogP contribution in [0.5, 0.6) is 0 Å². The molecule has 26 heavy (non-hydrogen) atoms. The summed E-state index contributed by atoms with van der Waals surface area (Å²) in [6.07, 6.45) is 3.62. The molecule has 2 aliphatic rings. The van der Waals surface area contributed by atoms with Gasteiger partial charge in [0.2, 0.25) is 11.8 Å². The van der Waals surface area contributed by atoms with E-state index in [1.54, 1.807) is 4.90 Å². The lowest BCUT2D eigenvalue weighted by Crippen LogP contribution is -2.64. The van der Waals surface area contributed by atoms with E-state index in [1.807, 2.05) is 30.9 Å². The zero-order chi connectivity index (χ0) is 18.4. The summed E-state index contributed by atoms with van der Waals surface area (Å²) in [6.45, 7) is 6.33. The Bertz CT molecular complexity index is 854. The maximum Gasteiger partial charge on any atom is 0.246 e. The lowest BCUT2D eigenvalue weighted by molar-refractivity contribution is -0.161. The number of carbonyl (C=O) groups is 2. The first-order valence-electron chi connectivity index (χ1n) is 9.74. The fourth-order valence-electron chi connectivity index (χ4n) is 4.54. The number of hydrogen-bond acceptors (Lipinski definition) is 2. The number of aromatic nitrogens is 1. The number of hydrogen-bond donors (Lipinski definition) is 1. The molecule has 1 saturated heterocycles. The summed E-state index contributed by atoms with van der Waals surface area (Å²) >= 11 is 0. The van der Waals surface area contributed by atoms with Crippen molar-refractivity contribution in [1.29, 1.82) is 0 Å². The number of piperazine rings is 1. The van der Waals surface area contributed by atoms with E-state index in [0.717, 1.165) is 30.5 Å². The Kier molecular flexibility index (Phi) is 4.25. The van der Waals surface area contributed by atoms with Gasteiger partial charge in [0.1, 0.15) is 12.6 Å². The number of nitrogens with zero attached hydrogens (tertiary/aromatic N) is 2. The molecule has 1 aromatic carbocycles. The standard InChI is InChI=1S/C21H27N3O2/c1-4-5-10-17-20-15(14-8-6-7-9-16(14)22-20)11-18-21(26)23(13(2)3)12-19(25)24(17)18/h6-9,13,17-18,22H,4-5,10-12H2,1-3H3/t17?,18-/m1/s1. The number of para-hydroxylation sites is 1. The topological polar surface area (TPSA) is 56.4 Å². The minimum Gasteiger partial charge on any atom is -0.356 e. The first-order chi connectivity index (χ1) is 12.5. The highest BCUT2D eigenvalue weighted by atomic mass is 16.2. The van der Waals surface area contributed by atoms with Gasteiger partial charge in [-0.3, -0.25) is 9.59 Å². The average molecular weight is 353 g/mol. The van der Waals surface area contributed by atoms with Gasteiger partial charge in [-0.05, 0) is 31.9 Å². The highest BCUT2D eigenvalue weighted by molar-refractivity contribution is 5.97. The number of H-pyrrole nitrogens is 1. The number of aromatic amines is 1. The van der Waals surface area contributed by atoms with Crippen molar-refractivity contribution in [2.24, 2.45) is 0 Å².